The summed E-state index contributed by atoms with van der Waals surface area (Å²) in [4.78, 5) is 3.95. The average molecular weight is 359 g/mol. The van der Waals surface area contributed by atoms with Gasteiger partial charge in [-0.3, -0.25) is 4.98 Å². The summed E-state index contributed by atoms with van der Waals surface area (Å²) in [5.74, 6) is 0.671. The van der Waals surface area contributed by atoms with E-state index in [1.807, 2.05) is 24.3 Å². The van der Waals surface area contributed by atoms with Crippen LogP contribution in [0, 0.1) is 0 Å². The van der Waals surface area contributed by atoms with Gasteiger partial charge in [0, 0.05) is 29.6 Å². The normalized spacial score (nSPS) is 17.6. The first kappa shape index (κ1) is 16.7. The zero-order chi connectivity index (χ0) is 18.1. The number of anilines is 1. The van der Waals surface area contributed by atoms with Crippen LogP contribution in [0.5, 0.6) is 0 Å². The van der Waals surface area contributed by atoms with Crippen molar-refractivity contribution in [3.8, 4) is 11.4 Å². The topological polar surface area (TPSA) is 62.7 Å². The van der Waals surface area contributed by atoms with Gasteiger partial charge in [0.2, 0.25) is 0 Å². The molecule has 2 N–H and O–H groups in total. The lowest BCUT2D eigenvalue weighted by Gasteiger charge is -2.15. The Kier molecular flexibility index (Phi) is 4.20. The van der Waals surface area contributed by atoms with Crippen molar-refractivity contribution in [1.82, 2.24) is 20.5 Å². The fourth-order valence-corrected chi connectivity index (χ4v) is 3.07. The molecule has 134 valence electrons. The summed E-state index contributed by atoms with van der Waals surface area (Å²) in [5, 5.41) is 16.8. The first-order valence-corrected chi connectivity index (χ1v) is 8.28. The molecule has 5 nitrogen and oxygen atoms in total. The van der Waals surface area contributed by atoms with E-state index in [1.165, 1.54) is 6.07 Å². The van der Waals surface area contributed by atoms with Crippen molar-refractivity contribution in [3.05, 3.63) is 48.2 Å². The first-order chi connectivity index (χ1) is 12.5. The van der Waals surface area contributed by atoms with E-state index in [9.17, 15) is 13.2 Å². The van der Waals surface area contributed by atoms with Crippen molar-refractivity contribution in [3.63, 3.8) is 0 Å². The maximum atomic E-state index is 12.7. The number of alkyl halides is 3. The molecule has 0 bridgehead atoms. The molecule has 3 heterocycles. The van der Waals surface area contributed by atoms with E-state index in [4.69, 9.17) is 0 Å². The molecular formula is C18H16F3N5. The monoisotopic (exact) mass is 359 g/mol. The van der Waals surface area contributed by atoms with Crippen molar-refractivity contribution in [1.29, 1.82) is 0 Å². The van der Waals surface area contributed by atoms with Crippen molar-refractivity contribution < 1.29 is 13.2 Å². The molecule has 1 aliphatic rings. The minimum absolute atomic E-state index is 0.280. The van der Waals surface area contributed by atoms with E-state index in [1.54, 1.807) is 0 Å². The van der Waals surface area contributed by atoms with Crippen molar-refractivity contribution >= 4 is 16.6 Å². The zero-order valence-corrected chi connectivity index (χ0v) is 13.7. The lowest BCUT2D eigenvalue weighted by atomic mass is 10.1. The van der Waals surface area contributed by atoms with Crippen LogP contribution in [0.3, 0.4) is 0 Å². The van der Waals surface area contributed by atoms with Gasteiger partial charge in [0.05, 0.1) is 11.3 Å². The molecule has 8 heteroatoms. The molecule has 2 aromatic heterocycles. The summed E-state index contributed by atoms with van der Waals surface area (Å²) in [7, 11) is 0. The Balaban J connectivity index is 1.74. The van der Waals surface area contributed by atoms with Crippen LogP contribution < -0.4 is 10.6 Å². The van der Waals surface area contributed by atoms with Gasteiger partial charge in [-0.25, -0.2) is 0 Å². The van der Waals surface area contributed by atoms with Gasteiger partial charge in [0.25, 0.3) is 0 Å². The Morgan fingerprint density at radius 1 is 1.04 bits per heavy atom. The van der Waals surface area contributed by atoms with Crippen LogP contribution in [0.15, 0.2) is 42.6 Å². The number of aromatic nitrogens is 3. The number of hydrogen-bond donors (Lipinski definition) is 2. The summed E-state index contributed by atoms with van der Waals surface area (Å²) in [6, 6.07) is 10.2. The highest BCUT2D eigenvalue weighted by Gasteiger charge is 2.30. The highest BCUT2D eigenvalue weighted by atomic mass is 19.4. The van der Waals surface area contributed by atoms with Gasteiger partial charge in [-0.1, -0.05) is 24.3 Å². The molecule has 1 aliphatic heterocycles. The Morgan fingerprint density at radius 3 is 2.50 bits per heavy atom. The van der Waals surface area contributed by atoms with Crippen LogP contribution in [0.4, 0.5) is 19.0 Å². The smallest absolute Gasteiger partial charge is 0.364 e. The first-order valence-electron chi connectivity index (χ1n) is 8.28. The fourth-order valence-electron chi connectivity index (χ4n) is 3.07. The van der Waals surface area contributed by atoms with Crippen molar-refractivity contribution in [2.24, 2.45) is 0 Å². The second kappa shape index (κ2) is 6.53. The Morgan fingerprint density at radius 2 is 1.85 bits per heavy atom. The molecule has 26 heavy (non-hydrogen) atoms. The van der Waals surface area contributed by atoms with Crippen LogP contribution in [0.1, 0.15) is 12.0 Å². The number of halogens is 3. The zero-order valence-electron chi connectivity index (χ0n) is 13.7. The number of pyridine rings is 1. The summed E-state index contributed by atoms with van der Waals surface area (Å²) in [5.41, 5.74) is 0.0331. The number of fused-ring (bicyclic) bond motifs is 1. The van der Waals surface area contributed by atoms with Gasteiger partial charge in [-0.2, -0.15) is 13.2 Å². The van der Waals surface area contributed by atoms with Gasteiger partial charge in [0.15, 0.2) is 5.82 Å². The number of benzene rings is 1. The van der Waals surface area contributed by atoms with Crippen LogP contribution in [0.2, 0.25) is 0 Å². The third kappa shape index (κ3) is 3.20. The van der Waals surface area contributed by atoms with Crippen LogP contribution in [0.25, 0.3) is 22.2 Å². The predicted octanol–water partition coefficient (Wildman–Crippen LogP) is 3.48. The van der Waals surface area contributed by atoms with Crippen LogP contribution >= 0.6 is 0 Å². The molecular weight excluding hydrogens is 343 g/mol. The second-order valence-electron chi connectivity index (χ2n) is 6.21. The summed E-state index contributed by atoms with van der Waals surface area (Å²) >= 11 is 0. The van der Waals surface area contributed by atoms with Crippen LogP contribution in [-0.4, -0.2) is 34.3 Å². The predicted molar refractivity (Wildman–Crippen MR) is 92.7 cm³/mol. The summed E-state index contributed by atoms with van der Waals surface area (Å²) in [6.07, 6.45) is -2.59. The van der Waals surface area contributed by atoms with Gasteiger partial charge in [0.1, 0.15) is 5.69 Å². The van der Waals surface area contributed by atoms with Gasteiger partial charge in [-0.15, -0.1) is 10.2 Å². The van der Waals surface area contributed by atoms with E-state index < -0.39 is 11.7 Å². The van der Waals surface area contributed by atoms with Crippen LogP contribution in [-0.2, 0) is 6.18 Å². The molecule has 0 amide bonds. The number of nitrogens with one attached hydrogen (secondary N) is 2. The molecule has 0 aliphatic carbocycles. The Bertz CT molecular complexity index is 918. The second-order valence-corrected chi connectivity index (χ2v) is 6.21. The lowest BCUT2D eigenvalue weighted by molar-refractivity contribution is -0.137. The van der Waals surface area contributed by atoms with E-state index in [2.05, 4.69) is 25.8 Å². The average Bonchev–Trinajstić information content (AvgIpc) is 3.15. The molecule has 1 saturated heterocycles. The summed E-state index contributed by atoms with van der Waals surface area (Å²) in [6.45, 7) is 1.81. The molecule has 4 rings (SSSR count). The number of hydrogen-bond acceptors (Lipinski definition) is 5. The Hall–Kier alpha value is -2.74. The number of rotatable bonds is 3. The molecule has 0 radical (unpaired) electrons. The van der Waals surface area contributed by atoms with E-state index in [-0.39, 0.29) is 6.04 Å². The van der Waals surface area contributed by atoms with E-state index in [0.717, 1.165) is 42.5 Å². The molecule has 1 unspecified atom stereocenters. The molecule has 0 saturated carbocycles. The molecule has 0 spiro atoms. The standard InChI is InChI=1S/C18H16F3N5/c19-18(20,21)11-5-6-15(23-9-11)16-13-3-1-2-4-14(13)17(26-25-16)24-12-7-8-22-10-12/h1-6,9,12,22H,7-8,10H2,(H,24,26). The highest BCUT2D eigenvalue weighted by Crippen LogP contribution is 2.32. The third-order valence-electron chi connectivity index (χ3n) is 4.42. The van der Waals surface area contributed by atoms with Crippen molar-refractivity contribution in [2.45, 2.75) is 18.6 Å². The SMILES string of the molecule is FC(F)(F)c1ccc(-c2nnc(NC3CCNC3)c3ccccc23)nc1. The highest BCUT2D eigenvalue weighted by molar-refractivity contribution is 5.99. The van der Waals surface area contributed by atoms with Crippen molar-refractivity contribution in [2.75, 3.05) is 18.4 Å². The van der Waals surface area contributed by atoms with E-state index in [0.29, 0.717) is 17.2 Å². The minimum Gasteiger partial charge on any atom is -0.364 e. The van der Waals surface area contributed by atoms with Gasteiger partial charge >= 0.3 is 6.18 Å². The largest absolute Gasteiger partial charge is 0.417 e. The molecule has 3 aromatic rings. The minimum atomic E-state index is -4.41. The third-order valence-corrected chi connectivity index (χ3v) is 4.42. The van der Waals surface area contributed by atoms with E-state index >= 15 is 0 Å². The molecule has 1 atom stereocenters. The number of nitrogens with zero attached hydrogens (tertiary/aromatic N) is 3. The van der Waals surface area contributed by atoms with Gasteiger partial charge < -0.3 is 10.6 Å². The maximum Gasteiger partial charge on any atom is 0.417 e. The summed E-state index contributed by atoms with van der Waals surface area (Å²) < 4.78 is 38.2. The Labute approximate surface area is 147 Å². The molecule has 1 aromatic carbocycles. The fraction of sp³-hybridized carbons (Fsp3) is 0.278. The lowest BCUT2D eigenvalue weighted by Crippen LogP contribution is -2.23. The maximum absolute atomic E-state index is 12.7. The quantitative estimate of drug-likeness (QED) is 0.750. The van der Waals surface area contributed by atoms with Gasteiger partial charge in [-0.05, 0) is 25.1 Å². The molecule has 1 fully saturated rings.